The lowest BCUT2D eigenvalue weighted by Crippen LogP contribution is -2.37. The highest BCUT2D eigenvalue weighted by atomic mass is 16.5. The molecule has 0 spiro atoms. The van der Waals surface area contributed by atoms with Gasteiger partial charge < -0.3 is 4.74 Å². The molecule has 0 saturated carbocycles. The smallest absolute Gasteiger partial charge is 0.323 e. The SMILES string of the molecule is CCCCCCCCCCCCOC(=O)C(CCCC)N(C)C. The molecule has 0 bridgehead atoms. The molecule has 1 atom stereocenters. The maximum absolute atomic E-state index is 12.1. The molecular formula is C20H41NO2. The van der Waals surface area contributed by atoms with E-state index in [1.165, 1.54) is 57.8 Å². The summed E-state index contributed by atoms with van der Waals surface area (Å²) in [6.07, 6.45) is 16.2. The Balaban J connectivity index is 3.50. The van der Waals surface area contributed by atoms with E-state index in [4.69, 9.17) is 4.74 Å². The van der Waals surface area contributed by atoms with Gasteiger partial charge in [0, 0.05) is 0 Å². The zero-order valence-electron chi connectivity index (χ0n) is 16.2. The fraction of sp³-hybridized carbons (Fsp3) is 0.950. The van der Waals surface area contributed by atoms with Crippen molar-refractivity contribution < 1.29 is 9.53 Å². The molecule has 138 valence electrons. The number of carbonyl (C=O) groups is 1. The van der Waals surface area contributed by atoms with Crippen molar-refractivity contribution in [2.75, 3.05) is 20.7 Å². The lowest BCUT2D eigenvalue weighted by atomic mass is 10.1. The summed E-state index contributed by atoms with van der Waals surface area (Å²) in [5, 5.41) is 0. The number of unbranched alkanes of at least 4 members (excludes halogenated alkanes) is 10. The average molecular weight is 328 g/mol. The monoisotopic (exact) mass is 327 g/mol. The lowest BCUT2D eigenvalue weighted by molar-refractivity contribution is -0.149. The molecule has 3 nitrogen and oxygen atoms in total. The van der Waals surface area contributed by atoms with Crippen LogP contribution in [0.3, 0.4) is 0 Å². The molecule has 0 aliphatic carbocycles. The highest BCUT2D eigenvalue weighted by Gasteiger charge is 2.21. The van der Waals surface area contributed by atoms with Crippen LogP contribution in [-0.2, 0) is 9.53 Å². The van der Waals surface area contributed by atoms with E-state index >= 15 is 0 Å². The molecule has 0 aliphatic heterocycles. The molecule has 1 unspecified atom stereocenters. The number of hydrogen-bond acceptors (Lipinski definition) is 3. The summed E-state index contributed by atoms with van der Waals surface area (Å²) in [5.74, 6) is -0.0422. The summed E-state index contributed by atoms with van der Waals surface area (Å²) >= 11 is 0. The molecule has 0 aromatic carbocycles. The first-order chi connectivity index (χ1) is 11.1. The van der Waals surface area contributed by atoms with Gasteiger partial charge in [0.15, 0.2) is 0 Å². The topological polar surface area (TPSA) is 29.5 Å². The minimum Gasteiger partial charge on any atom is -0.465 e. The van der Waals surface area contributed by atoms with E-state index in [9.17, 15) is 4.79 Å². The maximum atomic E-state index is 12.1. The Labute approximate surface area is 145 Å². The summed E-state index contributed by atoms with van der Waals surface area (Å²) < 4.78 is 5.45. The Hall–Kier alpha value is -0.570. The van der Waals surface area contributed by atoms with E-state index in [1.807, 2.05) is 19.0 Å². The Morgan fingerprint density at radius 2 is 1.26 bits per heavy atom. The number of likely N-dealkylation sites (N-methyl/N-ethyl adjacent to an activating group) is 1. The zero-order valence-corrected chi connectivity index (χ0v) is 16.2. The fourth-order valence-corrected chi connectivity index (χ4v) is 2.84. The van der Waals surface area contributed by atoms with Gasteiger partial charge in [-0.3, -0.25) is 9.69 Å². The van der Waals surface area contributed by atoms with Crippen LogP contribution in [0.5, 0.6) is 0 Å². The van der Waals surface area contributed by atoms with Crippen LogP contribution in [0, 0.1) is 0 Å². The maximum Gasteiger partial charge on any atom is 0.323 e. The zero-order chi connectivity index (χ0) is 17.3. The summed E-state index contributed by atoms with van der Waals surface area (Å²) in [7, 11) is 3.92. The van der Waals surface area contributed by atoms with Gasteiger partial charge in [0.2, 0.25) is 0 Å². The molecule has 0 saturated heterocycles. The van der Waals surface area contributed by atoms with E-state index in [-0.39, 0.29) is 12.0 Å². The molecule has 0 rings (SSSR count). The third-order valence-corrected chi connectivity index (χ3v) is 4.47. The van der Waals surface area contributed by atoms with E-state index in [2.05, 4.69) is 13.8 Å². The van der Waals surface area contributed by atoms with Gasteiger partial charge in [0.25, 0.3) is 0 Å². The molecule has 0 fully saturated rings. The van der Waals surface area contributed by atoms with Crippen molar-refractivity contribution in [3.05, 3.63) is 0 Å². The molecular weight excluding hydrogens is 286 g/mol. The standard InChI is InChI=1S/C20H41NO2/c1-5-7-9-10-11-12-13-14-15-16-18-23-20(22)19(21(3)4)17-8-6-2/h19H,5-18H2,1-4H3. The Morgan fingerprint density at radius 1 is 0.783 bits per heavy atom. The van der Waals surface area contributed by atoms with Crippen LogP contribution in [-0.4, -0.2) is 37.6 Å². The van der Waals surface area contributed by atoms with Crippen molar-refractivity contribution in [2.45, 2.75) is 103 Å². The molecule has 0 amide bonds. The molecule has 23 heavy (non-hydrogen) atoms. The highest BCUT2D eigenvalue weighted by molar-refractivity contribution is 5.75. The molecule has 0 aromatic rings. The normalized spacial score (nSPS) is 12.6. The molecule has 3 heteroatoms. The van der Waals surface area contributed by atoms with Crippen LogP contribution in [0.15, 0.2) is 0 Å². The average Bonchev–Trinajstić information content (AvgIpc) is 2.52. The minimum absolute atomic E-state index is 0.0422. The van der Waals surface area contributed by atoms with Gasteiger partial charge in [-0.25, -0.2) is 0 Å². The molecule has 0 aromatic heterocycles. The summed E-state index contributed by atoms with van der Waals surface area (Å²) in [4.78, 5) is 14.1. The van der Waals surface area contributed by atoms with Gasteiger partial charge in [-0.1, -0.05) is 84.5 Å². The number of nitrogens with zero attached hydrogens (tertiary/aromatic N) is 1. The lowest BCUT2D eigenvalue weighted by Gasteiger charge is -2.22. The van der Waals surface area contributed by atoms with Crippen molar-refractivity contribution in [1.29, 1.82) is 0 Å². The highest BCUT2D eigenvalue weighted by Crippen LogP contribution is 2.11. The third-order valence-electron chi connectivity index (χ3n) is 4.47. The second kappa shape index (κ2) is 16.3. The largest absolute Gasteiger partial charge is 0.465 e. The molecule has 0 heterocycles. The van der Waals surface area contributed by atoms with Crippen molar-refractivity contribution in [3.8, 4) is 0 Å². The van der Waals surface area contributed by atoms with E-state index in [0.717, 1.165) is 25.7 Å². The van der Waals surface area contributed by atoms with Crippen LogP contribution < -0.4 is 0 Å². The quantitative estimate of drug-likeness (QED) is 0.274. The van der Waals surface area contributed by atoms with Crippen molar-refractivity contribution >= 4 is 5.97 Å². The Bertz CT molecular complexity index is 266. The number of esters is 1. The Kier molecular flexibility index (Phi) is 15.9. The van der Waals surface area contributed by atoms with Gasteiger partial charge >= 0.3 is 5.97 Å². The second-order valence-corrected chi connectivity index (χ2v) is 6.97. The van der Waals surface area contributed by atoms with Gasteiger partial charge in [0.1, 0.15) is 6.04 Å². The van der Waals surface area contributed by atoms with Crippen LogP contribution in [0.1, 0.15) is 97.3 Å². The van der Waals surface area contributed by atoms with Crippen LogP contribution in [0.2, 0.25) is 0 Å². The fourth-order valence-electron chi connectivity index (χ4n) is 2.84. The first-order valence-electron chi connectivity index (χ1n) is 9.96. The minimum atomic E-state index is -0.0712. The van der Waals surface area contributed by atoms with E-state index < -0.39 is 0 Å². The number of carbonyl (C=O) groups excluding carboxylic acids is 1. The van der Waals surface area contributed by atoms with Gasteiger partial charge in [-0.2, -0.15) is 0 Å². The predicted octanol–water partition coefficient (Wildman–Crippen LogP) is 5.57. The molecule has 0 N–H and O–H groups in total. The summed E-state index contributed by atoms with van der Waals surface area (Å²) in [5.41, 5.74) is 0. The third kappa shape index (κ3) is 13.6. The summed E-state index contributed by atoms with van der Waals surface area (Å²) in [6, 6.07) is -0.0712. The number of hydrogen-bond donors (Lipinski definition) is 0. The molecule has 0 radical (unpaired) electrons. The van der Waals surface area contributed by atoms with Crippen molar-refractivity contribution in [1.82, 2.24) is 4.90 Å². The molecule has 0 aliphatic rings. The second-order valence-electron chi connectivity index (χ2n) is 6.97. The predicted molar refractivity (Wildman–Crippen MR) is 99.8 cm³/mol. The first-order valence-corrected chi connectivity index (χ1v) is 9.96. The summed E-state index contributed by atoms with van der Waals surface area (Å²) in [6.45, 7) is 5.00. The van der Waals surface area contributed by atoms with Crippen LogP contribution >= 0.6 is 0 Å². The number of rotatable bonds is 16. The van der Waals surface area contributed by atoms with Crippen molar-refractivity contribution in [3.63, 3.8) is 0 Å². The van der Waals surface area contributed by atoms with Gasteiger partial charge in [-0.15, -0.1) is 0 Å². The van der Waals surface area contributed by atoms with Crippen molar-refractivity contribution in [2.24, 2.45) is 0 Å². The van der Waals surface area contributed by atoms with Crippen LogP contribution in [0.25, 0.3) is 0 Å². The Morgan fingerprint density at radius 3 is 1.74 bits per heavy atom. The van der Waals surface area contributed by atoms with Gasteiger partial charge in [0.05, 0.1) is 6.61 Å². The van der Waals surface area contributed by atoms with Gasteiger partial charge in [-0.05, 0) is 26.9 Å². The number of ether oxygens (including phenoxy) is 1. The van der Waals surface area contributed by atoms with E-state index in [0.29, 0.717) is 6.61 Å². The van der Waals surface area contributed by atoms with Crippen LogP contribution in [0.4, 0.5) is 0 Å². The first kappa shape index (κ1) is 22.4. The van der Waals surface area contributed by atoms with E-state index in [1.54, 1.807) is 0 Å².